The third-order valence-electron chi connectivity index (χ3n) is 5.49. The molecule has 2 amide bonds. The molecule has 0 aliphatic carbocycles. The Morgan fingerprint density at radius 3 is 2.44 bits per heavy atom. The van der Waals surface area contributed by atoms with Crippen LogP contribution in [0.5, 0.6) is 17.2 Å². The van der Waals surface area contributed by atoms with E-state index >= 15 is 0 Å². The summed E-state index contributed by atoms with van der Waals surface area (Å²) in [5.74, 6) is -0.0806. The van der Waals surface area contributed by atoms with Gasteiger partial charge in [0, 0.05) is 6.07 Å². The number of imide groups is 1. The van der Waals surface area contributed by atoms with Crippen LogP contribution in [-0.2, 0) is 14.9 Å². The first-order valence-electron chi connectivity index (χ1n) is 11.4. The molecule has 0 saturated carbocycles. The van der Waals surface area contributed by atoms with Gasteiger partial charge < -0.3 is 13.7 Å². The molecule has 11 nitrogen and oxygen atoms in total. The molecule has 1 aliphatic rings. The Labute approximate surface area is 228 Å². The minimum atomic E-state index is -4.57. The lowest BCUT2D eigenvalue weighted by molar-refractivity contribution is -0.387. The number of hydrogen-bond acceptors (Lipinski definition) is 10. The number of benzene rings is 3. The molecule has 13 heteroatoms. The van der Waals surface area contributed by atoms with Gasteiger partial charge in [-0.2, -0.15) is 8.42 Å². The summed E-state index contributed by atoms with van der Waals surface area (Å²) in [4.78, 5) is 36.3. The van der Waals surface area contributed by atoms with Crippen molar-refractivity contribution in [3.05, 3.63) is 92.9 Å². The first-order chi connectivity index (χ1) is 18.6. The molecule has 0 bridgehead atoms. The maximum atomic E-state index is 12.8. The van der Waals surface area contributed by atoms with Gasteiger partial charge in [-0.3, -0.25) is 24.6 Å². The Balaban J connectivity index is 1.48. The second kappa shape index (κ2) is 11.6. The van der Waals surface area contributed by atoms with Crippen molar-refractivity contribution in [1.82, 2.24) is 4.90 Å². The van der Waals surface area contributed by atoms with Crippen LogP contribution in [0, 0.1) is 17.0 Å². The topological polar surface area (TPSA) is 142 Å². The van der Waals surface area contributed by atoms with Gasteiger partial charge >= 0.3 is 10.1 Å². The maximum absolute atomic E-state index is 12.8. The molecule has 0 aromatic heterocycles. The Hall–Kier alpha value is -4.36. The SMILES string of the molecule is COc1cc(/C=C2\SC(=O)N(CCOc3ccc(C)cc3)C2=O)ccc1OS(=O)(=O)c1ccccc1[N+](=O)[O-]. The van der Waals surface area contributed by atoms with Crippen molar-refractivity contribution in [2.45, 2.75) is 11.8 Å². The number of nitrogens with zero attached hydrogens (tertiary/aromatic N) is 2. The summed E-state index contributed by atoms with van der Waals surface area (Å²) in [6.07, 6.45) is 1.47. The predicted octanol–water partition coefficient (Wildman–Crippen LogP) is 4.79. The lowest BCUT2D eigenvalue weighted by atomic mass is 10.2. The first-order valence-corrected chi connectivity index (χ1v) is 13.6. The van der Waals surface area contributed by atoms with E-state index in [0.29, 0.717) is 11.3 Å². The molecule has 1 aliphatic heterocycles. The molecule has 3 aromatic carbocycles. The molecule has 0 atom stereocenters. The van der Waals surface area contributed by atoms with Gasteiger partial charge in [0.15, 0.2) is 16.4 Å². The van der Waals surface area contributed by atoms with E-state index in [1.165, 1.54) is 43.5 Å². The molecule has 202 valence electrons. The fourth-order valence-corrected chi connectivity index (χ4v) is 5.53. The van der Waals surface area contributed by atoms with E-state index in [2.05, 4.69) is 0 Å². The fraction of sp³-hybridized carbons (Fsp3) is 0.154. The number of nitro benzene ring substituents is 1. The van der Waals surface area contributed by atoms with Gasteiger partial charge in [0.05, 0.1) is 23.5 Å². The van der Waals surface area contributed by atoms with Crippen molar-refractivity contribution in [1.29, 1.82) is 0 Å². The first kappa shape index (κ1) is 27.7. The number of para-hydroxylation sites is 1. The molecule has 1 saturated heterocycles. The van der Waals surface area contributed by atoms with Crippen LogP contribution < -0.4 is 13.7 Å². The van der Waals surface area contributed by atoms with E-state index < -0.39 is 36.8 Å². The Morgan fingerprint density at radius 1 is 1.03 bits per heavy atom. The summed E-state index contributed by atoms with van der Waals surface area (Å²) in [7, 11) is -3.29. The normalized spacial score (nSPS) is 14.5. The summed E-state index contributed by atoms with van der Waals surface area (Å²) in [5.41, 5.74) is 0.883. The number of nitro groups is 1. The lowest BCUT2D eigenvalue weighted by Crippen LogP contribution is -2.32. The van der Waals surface area contributed by atoms with Crippen molar-refractivity contribution in [2.24, 2.45) is 0 Å². The van der Waals surface area contributed by atoms with Gasteiger partial charge in [0.1, 0.15) is 12.4 Å². The van der Waals surface area contributed by atoms with Crippen LogP contribution in [0.25, 0.3) is 6.08 Å². The van der Waals surface area contributed by atoms with Gasteiger partial charge in [-0.05, 0) is 60.7 Å². The van der Waals surface area contributed by atoms with E-state index in [4.69, 9.17) is 13.7 Å². The van der Waals surface area contributed by atoms with Gasteiger partial charge in [-0.1, -0.05) is 35.9 Å². The maximum Gasteiger partial charge on any atom is 0.346 e. The smallest absolute Gasteiger partial charge is 0.346 e. The molecule has 0 unspecified atom stereocenters. The van der Waals surface area contributed by atoms with Crippen LogP contribution in [0.2, 0.25) is 0 Å². The molecular weight excluding hydrogens is 548 g/mol. The number of ether oxygens (including phenoxy) is 2. The number of methoxy groups -OCH3 is 1. The quantitative estimate of drug-likeness (QED) is 0.144. The van der Waals surface area contributed by atoms with E-state index in [1.807, 2.05) is 19.1 Å². The van der Waals surface area contributed by atoms with Crippen LogP contribution in [-0.4, -0.2) is 49.6 Å². The average Bonchev–Trinajstić information content (AvgIpc) is 3.17. The lowest BCUT2D eigenvalue weighted by Gasteiger charge is -2.13. The number of hydrogen-bond donors (Lipinski definition) is 0. The van der Waals surface area contributed by atoms with E-state index in [-0.39, 0.29) is 29.6 Å². The molecule has 39 heavy (non-hydrogen) atoms. The second-order valence-corrected chi connectivity index (χ2v) is 10.7. The van der Waals surface area contributed by atoms with Crippen molar-refractivity contribution in [3.8, 4) is 17.2 Å². The van der Waals surface area contributed by atoms with Gasteiger partial charge in [0.25, 0.3) is 16.8 Å². The summed E-state index contributed by atoms with van der Waals surface area (Å²) in [6.45, 7) is 2.14. The summed E-state index contributed by atoms with van der Waals surface area (Å²) in [5, 5.41) is 10.8. The highest BCUT2D eigenvalue weighted by Gasteiger charge is 2.35. The van der Waals surface area contributed by atoms with E-state index in [0.717, 1.165) is 34.4 Å². The van der Waals surface area contributed by atoms with Crippen LogP contribution in [0.3, 0.4) is 0 Å². The Bertz CT molecular complexity index is 1570. The van der Waals surface area contributed by atoms with E-state index in [9.17, 15) is 28.1 Å². The second-order valence-electron chi connectivity index (χ2n) is 8.17. The predicted molar refractivity (Wildman–Crippen MR) is 143 cm³/mol. The summed E-state index contributed by atoms with van der Waals surface area (Å²) >= 11 is 0.765. The van der Waals surface area contributed by atoms with Crippen molar-refractivity contribution < 1.29 is 36.6 Å². The zero-order valence-electron chi connectivity index (χ0n) is 20.7. The zero-order valence-corrected chi connectivity index (χ0v) is 22.4. The minimum absolute atomic E-state index is 0.00312. The molecule has 0 radical (unpaired) electrons. The molecular formula is C26H22N2O9S2. The third-order valence-corrected chi connectivity index (χ3v) is 7.68. The molecule has 0 spiro atoms. The van der Waals surface area contributed by atoms with Gasteiger partial charge in [-0.25, -0.2) is 0 Å². The number of carbonyl (C=O) groups excluding carboxylic acids is 2. The minimum Gasteiger partial charge on any atom is -0.493 e. The van der Waals surface area contributed by atoms with Crippen LogP contribution in [0.15, 0.2) is 76.5 Å². The van der Waals surface area contributed by atoms with Crippen LogP contribution in [0.1, 0.15) is 11.1 Å². The molecule has 3 aromatic rings. The van der Waals surface area contributed by atoms with Crippen molar-refractivity contribution in [3.63, 3.8) is 0 Å². The average molecular weight is 571 g/mol. The largest absolute Gasteiger partial charge is 0.493 e. The number of thioether (sulfide) groups is 1. The summed E-state index contributed by atoms with van der Waals surface area (Å²) in [6, 6.07) is 16.3. The molecule has 0 N–H and O–H groups in total. The van der Waals surface area contributed by atoms with Crippen molar-refractivity contribution >= 4 is 44.8 Å². The Kier molecular flexibility index (Phi) is 8.21. The monoisotopic (exact) mass is 570 g/mol. The standard InChI is InChI=1S/C26H22N2O9S2/c1-17-7-10-19(11-8-17)36-14-13-27-25(29)23(38-26(27)30)16-18-9-12-21(22(15-18)35-2)37-39(33,34)24-6-4-3-5-20(24)28(31)32/h3-12,15-16H,13-14H2,1-2H3/b23-16-. The molecule has 4 rings (SSSR count). The highest BCUT2D eigenvalue weighted by Crippen LogP contribution is 2.36. The van der Waals surface area contributed by atoms with E-state index in [1.54, 1.807) is 12.1 Å². The Morgan fingerprint density at radius 2 is 1.74 bits per heavy atom. The van der Waals surface area contributed by atoms with Crippen molar-refractivity contribution in [2.75, 3.05) is 20.3 Å². The third kappa shape index (κ3) is 6.38. The highest BCUT2D eigenvalue weighted by atomic mass is 32.2. The fourth-order valence-electron chi connectivity index (χ4n) is 3.56. The van der Waals surface area contributed by atoms with Gasteiger partial charge in [-0.15, -0.1) is 0 Å². The number of carbonyl (C=O) groups is 2. The molecule has 1 fully saturated rings. The van der Waals surface area contributed by atoms with Gasteiger partial charge in [0.2, 0.25) is 0 Å². The van der Waals surface area contributed by atoms with Crippen LogP contribution in [0.4, 0.5) is 10.5 Å². The number of amides is 2. The summed E-state index contributed by atoms with van der Waals surface area (Å²) < 4.78 is 41.5. The zero-order chi connectivity index (χ0) is 28.2. The number of rotatable bonds is 10. The number of aryl methyl sites for hydroxylation is 1. The molecule has 1 heterocycles. The van der Waals surface area contributed by atoms with Crippen LogP contribution >= 0.6 is 11.8 Å². The highest BCUT2D eigenvalue weighted by molar-refractivity contribution is 8.18.